The van der Waals surface area contributed by atoms with Gasteiger partial charge in [-0.1, -0.05) is 11.6 Å². The molecule has 4 rings (SSSR count). The Balaban J connectivity index is 1.55. The van der Waals surface area contributed by atoms with E-state index in [1.165, 1.54) is 0 Å². The summed E-state index contributed by atoms with van der Waals surface area (Å²) in [5, 5.41) is 17.1. The lowest BCUT2D eigenvalue weighted by Gasteiger charge is -2.39. The van der Waals surface area contributed by atoms with Gasteiger partial charge in [-0.3, -0.25) is 14.3 Å². The number of fused-ring (bicyclic) bond motifs is 1. The monoisotopic (exact) mass is 503 g/mol. The minimum absolute atomic E-state index is 0.0669. The summed E-state index contributed by atoms with van der Waals surface area (Å²) in [6, 6.07) is 3.49. The molecule has 0 saturated carbocycles. The van der Waals surface area contributed by atoms with Crippen LogP contribution in [0, 0.1) is 12.8 Å². The van der Waals surface area contributed by atoms with E-state index in [4.69, 9.17) is 16.7 Å². The maximum atomic E-state index is 13.1. The highest BCUT2D eigenvalue weighted by Crippen LogP contribution is 2.44. The van der Waals surface area contributed by atoms with E-state index >= 15 is 0 Å². The molecule has 1 aliphatic rings. The second-order valence-corrected chi connectivity index (χ2v) is 11.7. The van der Waals surface area contributed by atoms with Crippen LogP contribution in [0.1, 0.15) is 60.5 Å². The van der Waals surface area contributed by atoms with Crippen LogP contribution in [0.25, 0.3) is 5.78 Å². The van der Waals surface area contributed by atoms with Crippen molar-refractivity contribution in [3.8, 4) is 5.75 Å². The van der Waals surface area contributed by atoms with Crippen LogP contribution in [-0.4, -0.2) is 52.3 Å². The number of nitrogens with two attached hydrogens (primary N) is 1. The van der Waals surface area contributed by atoms with Crippen molar-refractivity contribution >= 4 is 34.3 Å². The summed E-state index contributed by atoms with van der Waals surface area (Å²) < 4.78 is 13.3. The molecule has 0 bridgehead atoms. The predicted octanol–water partition coefficient (Wildman–Crippen LogP) is 3.82. The number of aryl methyl sites for hydroxylation is 1. The molecule has 1 amide bonds. The second-order valence-electron chi connectivity index (χ2n) is 9.63. The fraction of sp³-hybridized carbons (Fsp3) is 0.458. The number of piperidine rings is 1. The van der Waals surface area contributed by atoms with Crippen molar-refractivity contribution in [2.75, 3.05) is 13.1 Å². The van der Waals surface area contributed by atoms with Crippen LogP contribution in [0.15, 0.2) is 36.9 Å². The Morgan fingerprint density at radius 3 is 2.71 bits per heavy atom. The average molecular weight is 504 g/mol. The summed E-state index contributed by atoms with van der Waals surface area (Å²) in [4.78, 5) is 23.3. The first-order chi connectivity index (χ1) is 16.1. The van der Waals surface area contributed by atoms with Crippen LogP contribution >= 0.6 is 11.6 Å². The molecule has 2 aromatic heterocycles. The molecule has 8 nitrogen and oxygen atoms in total. The Bertz CT molecular complexity index is 1240. The number of carbonyl (C=O) groups is 1. The largest absolute Gasteiger partial charge is 0.508 e. The number of imidazole rings is 1. The topological polar surface area (TPSA) is 114 Å². The van der Waals surface area contributed by atoms with Crippen LogP contribution in [0.4, 0.5) is 0 Å². The molecule has 1 fully saturated rings. The molecule has 1 unspecified atom stereocenters. The van der Waals surface area contributed by atoms with Crippen LogP contribution in [0.5, 0.6) is 5.75 Å². The maximum absolute atomic E-state index is 13.1. The summed E-state index contributed by atoms with van der Waals surface area (Å²) in [6.07, 6.45) is 8.74. The first kappa shape index (κ1) is 24.6. The number of carbonyl (C=O) groups excluding carboxylic acids is 1. The second kappa shape index (κ2) is 9.64. The summed E-state index contributed by atoms with van der Waals surface area (Å²) in [5.74, 6) is 0.744. The lowest BCUT2D eigenvalue weighted by atomic mass is 9.75. The van der Waals surface area contributed by atoms with Gasteiger partial charge in [-0.15, -0.1) is 0 Å². The molecule has 3 heterocycles. The van der Waals surface area contributed by atoms with Crippen molar-refractivity contribution in [2.24, 2.45) is 11.1 Å². The molecular formula is C24H30ClN5O3S. The van der Waals surface area contributed by atoms with Gasteiger partial charge in [0.1, 0.15) is 5.75 Å². The number of nitrogens with zero attached hydrogens (tertiary/aromatic N) is 4. The zero-order valence-corrected chi connectivity index (χ0v) is 21.1. The smallest absolute Gasteiger partial charge is 0.256 e. The Labute approximate surface area is 206 Å². The van der Waals surface area contributed by atoms with Crippen LogP contribution in [0.3, 0.4) is 0 Å². The van der Waals surface area contributed by atoms with Gasteiger partial charge in [-0.2, -0.15) is 0 Å². The van der Waals surface area contributed by atoms with Gasteiger partial charge in [-0.25, -0.2) is 14.2 Å². The number of amides is 1. The number of rotatable bonds is 6. The average Bonchev–Trinajstić information content (AvgIpc) is 3.27. The van der Waals surface area contributed by atoms with Gasteiger partial charge in [0.05, 0.1) is 21.3 Å². The lowest BCUT2D eigenvalue weighted by Crippen LogP contribution is -2.41. The molecule has 1 aromatic carbocycles. The van der Waals surface area contributed by atoms with E-state index in [1.807, 2.05) is 31.7 Å². The highest BCUT2D eigenvalue weighted by Gasteiger charge is 2.37. The molecule has 3 aromatic rings. The lowest BCUT2D eigenvalue weighted by molar-refractivity contribution is 0.0672. The molecule has 10 heteroatoms. The summed E-state index contributed by atoms with van der Waals surface area (Å²) >= 11 is 6.41. The zero-order chi connectivity index (χ0) is 24.6. The third-order valence-corrected chi connectivity index (χ3v) is 8.51. The molecule has 34 heavy (non-hydrogen) atoms. The van der Waals surface area contributed by atoms with Gasteiger partial charge in [0.15, 0.2) is 0 Å². The third-order valence-electron chi connectivity index (χ3n) is 6.85. The van der Waals surface area contributed by atoms with Gasteiger partial charge < -0.3 is 10.0 Å². The van der Waals surface area contributed by atoms with Crippen LogP contribution < -0.4 is 5.14 Å². The molecule has 0 spiro atoms. The molecule has 1 saturated heterocycles. The quantitative estimate of drug-likeness (QED) is 0.530. The minimum Gasteiger partial charge on any atom is -0.508 e. The van der Waals surface area contributed by atoms with Crippen molar-refractivity contribution < 1.29 is 14.1 Å². The molecule has 2 atom stereocenters. The predicted molar refractivity (Wildman–Crippen MR) is 133 cm³/mol. The SMILES string of the molecule is Cc1cc(O)c([C@H](CC(C)(C)S(N)=O)C2CCN(C(=O)c3cnc4nccn4c3)CC2)cc1Cl. The first-order valence-corrected chi connectivity index (χ1v) is 12.9. The van der Waals surface area contributed by atoms with E-state index < -0.39 is 15.7 Å². The van der Waals surface area contributed by atoms with E-state index in [9.17, 15) is 14.1 Å². The van der Waals surface area contributed by atoms with Crippen molar-refractivity contribution in [3.05, 3.63) is 58.6 Å². The van der Waals surface area contributed by atoms with Crippen molar-refractivity contribution in [1.82, 2.24) is 19.3 Å². The summed E-state index contributed by atoms with van der Waals surface area (Å²) in [5.41, 5.74) is 2.06. The van der Waals surface area contributed by atoms with Gasteiger partial charge in [0, 0.05) is 42.9 Å². The Morgan fingerprint density at radius 2 is 2.03 bits per heavy atom. The zero-order valence-electron chi connectivity index (χ0n) is 19.6. The molecule has 0 aliphatic carbocycles. The molecular weight excluding hydrogens is 474 g/mol. The number of likely N-dealkylation sites (tertiary alicyclic amines) is 1. The van der Waals surface area contributed by atoms with E-state index in [2.05, 4.69) is 9.97 Å². The number of halogens is 1. The van der Waals surface area contributed by atoms with Gasteiger partial charge in [0.2, 0.25) is 5.78 Å². The van der Waals surface area contributed by atoms with Gasteiger partial charge in [0.25, 0.3) is 5.91 Å². The standard InChI is InChI=1S/C24H30ClN5O3S/c1-15-10-21(31)18(11-20(15)25)19(12-24(2,3)34(26)33)16-4-7-29(8-5-16)22(32)17-13-28-23-27-6-9-30(23)14-17/h6,9-11,13-14,16,19,31H,4-5,7-8,12,26H2,1-3H3/t19-,34?/m1/s1. The number of aromatic nitrogens is 3. The number of hydrogen-bond acceptors (Lipinski definition) is 5. The maximum Gasteiger partial charge on any atom is 0.256 e. The fourth-order valence-corrected chi connectivity index (χ4v) is 5.25. The summed E-state index contributed by atoms with van der Waals surface area (Å²) in [6.45, 7) is 6.75. The van der Waals surface area contributed by atoms with E-state index in [1.54, 1.807) is 35.3 Å². The highest BCUT2D eigenvalue weighted by molar-refractivity contribution is 7.84. The van der Waals surface area contributed by atoms with Gasteiger partial charge >= 0.3 is 0 Å². The van der Waals surface area contributed by atoms with Crippen LogP contribution in [-0.2, 0) is 11.0 Å². The third kappa shape index (κ3) is 4.96. The van der Waals surface area contributed by atoms with Crippen molar-refractivity contribution in [3.63, 3.8) is 0 Å². The molecule has 0 radical (unpaired) electrons. The Kier molecular flexibility index (Phi) is 6.98. The number of hydrogen-bond donors (Lipinski definition) is 2. The molecule has 3 N–H and O–H groups in total. The van der Waals surface area contributed by atoms with E-state index in [0.29, 0.717) is 35.9 Å². The number of aromatic hydroxyl groups is 1. The van der Waals surface area contributed by atoms with E-state index in [-0.39, 0.29) is 23.5 Å². The normalized spacial score (nSPS) is 17.1. The fourth-order valence-electron chi connectivity index (χ4n) is 4.74. The van der Waals surface area contributed by atoms with Gasteiger partial charge in [-0.05, 0) is 75.1 Å². The summed E-state index contributed by atoms with van der Waals surface area (Å²) in [7, 11) is -1.53. The minimum atomic E-state index is -1.53. The number of phenols is 1. The highest BCUT2D eigenvalue weighted by atomic mass is 35.5. The number of phenolic OH excluding ortho intramolecular Hbond substituents is 1. The number of benzene rings is 1. The molecule has 1 aliphatic heterocycles. The molecule has 182 valence electrons. The van der Waals surface area contributed by atoms with Crippen LogP contribution in [0.2, 0.25) is 5.02 Å². The van der Waals surface area contributed by atoms with E-state index in [0.717, 1.165) is 24.0 Å². The van der Waals surface area contributed by atoms with Crippen molar-refractivity contribution in [2.45, 2.75) is 50.7 Å². The van der Waals surface area contributed by atoms with Crippen molar-refractivity contribution in [1.29, 1.82) is 0 Å². The Hall–Kier alpha value is -2.49. The first-order valence-electron chi connectivity index (χ1n) is 11.3. The Morgan fingerprint density at radius 1 is 1.32 bits per heavy atom.